The third kappa shape index (κ3) is 3.84. The van der Waals surface area contributed by atoms with Gasteiger partial charge in [0.05, 0.1) is 6.61 Å². The smallest absolute Gasteiger partial charge is 0.403 e. The van der Waals surface area contributed by atoms with Crippen molar-refractivity contribution in [2.75, 3.05) is 13.2 Å². The number of rotatable bonds is 5. The molecule has 0 heterocycles. The first kappa shape index (κ1) is 15.2. The third-order valence-corrected chi connectivity index (χ3v) is 3.49. The first-order valence-corrected chi connectivity index (χ1v) is 5.96. The van der Waals surface area contributed by atoms with E-state index in [0.717, 1.165) is 19.3 Å². The van der Waals surface area contributed by atoms with Crippen molar-refractivity contribution in [3.05, 3.63) is 0 Å². The third-order valence-electron chi connectivity index (χ3n) is 3.49. The van der Waals surface area contributed by atoms with Gasteiger partial charge in [0.15, 0.2) is 5.92 Å². The number of aliphatic carboxylic acids is 1. The molecule has 1 fully saturated rings. The molecule has 0 aromatic heterocycles. The minimum Gasteiger partial charge on any atom is -0.481 e. The van der Waals surface area contributed by atoms with E-state index in [9.17, 15) is 23.1 Å². The van der Waals surface area contributed by atoms with Crippen LogP contribution in [0.3, 0.4) is 0 Å². The van der Waals surface area contributed by atoms with Crippen LogP contribution < -0.4 is 5.32 Å². The Morgan fingerprint density at radius 1 is 1.28 bits per heavy atom. The van der Waals surface area contributed by atoms with Crippen molar-refractivity contribution in [2.45, 2.75) is 43.8 Å². The van der Waals surface area contributed by atoms with E-state index in [1.807, 2.05) is 0 Å². The number of halogens is 3. The maximum Gasteiger partial charge on any atom is 0.403 e. The van der Waals surface area contributed by atoms with Crippen LogP contribution >= 0.6 is 0 Å². The molecule has 1 aliphatic rings. The van der Waals surface area contributed by atoms with Crippen molar-refractivity contribution in [3.8, 4) is 0 Å². The summed E-state index contributed by atoms with van der Waals surface area (Å²) in [5.41, 5.74) is -0.753. The molecule has 7 heteroatoms. The maximum atomic E-state index is 12.5. The van der Waals surface area contributed by atoms with Crippen LogP contribution in [0.15, 0.2) is 0 Å². The minimum atomic E-state index is -4.77. The summed E-state index contributed by atoms with van der Waals surface area (Å²) >= 11 is 0. The lowest BCUT2D eigenvalue weighted by molar-refractivity contribution is -0.193. The Labute approximate surface area is 103 Å². The van der Waals surface area contributed by atoms with E-state index in [1.165, 1.54) is 0 Å². The second-order valence-electron chi connectivity index (χ2n) is 4.81. The molecule has 0 saturated heterocycles. The van der Waals surface area contributed by atoms with Crippen molar-refractivity contribution in [3.63, 3.8) is 0 Å². The highest BCUT2D eigenvalue weighted by atomic mass is 19.4. The van der Waals surface area contributed by atoms with E-state index < -0.39 is 30.1 Å². The summed E-state index contributed by atoms with van der Waals surface area (Å²) in [4.78, 5) is 10.6. The van der Waals surface area contributed by atoms with Gasteiger partial charge in [-0.1, -0.05) is 19.3 Å². The first-order valence-electron chi connectivity index (χ1n) is 5.96. The van der Waals surface area contributed by atoms with Gasteiger partial charge in [0.1, 0.15) is 0 Å². The molecule has 0 radical (unpaired) electrons. The molecule has 0 aliphatic heterocycles. The highest BCUT2D eigenvalue weighted by Gasteiger charge is 2.46. The summed E-state index contributed by atoms with van der Waals surface area (Å²) in [7, 11) is 0. The molecule has 1 unspecified atom stereocenters. The molecule has 1 rings (SSSR count). The van der Waals surface area contributed by atoms with Crippen LogP contribution in [0.2, 0.25) is 0 Å². The van der Waals surface area contributed by atoms with Crippen LogP contribution in [0, 0.1) is 5.92 Å². The molecule has 3 N–H and O–H groups in total. The first-order chi connectivity index (χ1) is 8.31. The molecule has 0 amide bonds. The van der Waals surface area contributed by atoms with E-state index in [4.69, 9.17) is 5.11 Å². The number of aliphatic hydroxyl groups excluding tert-OH is 1. The van der Waals surface area contributed by atoms with Gasteiger partial charge in [0.2, 0.25) is 0 Å². The summed E-state index contributed by atoms with van der Waals surface area (Å²) in [6.45, 7) is -0.962. The van der Waals surface area contributed by atoms with Crippen LogP contribution in [-0.4, -0.2) is 41.0 Å². The van der Waals surface area contributed by atoms with Gasteiger partial charge < -0.3 is 15.5 Å². The fourth-order valence-corrected chi connectivity index (χ4v) is 2.28. The molecule has 106 valence electrons. The number of carboxylic acids is 1. The molecule has 4 nitrogen and oxygen atoms in total. The van der Waals surface area contributed by atoms with Crippen LogP contribution in [-0.2, 0) is 4.79 Å². The van der Waals surface area contributed by atoms with E-state index in [0.29, 0.717) is 12.8 Å². The normalized spacial score (nSPS) is 21.6. The Bertz CT molecular complexity index is 288. The zero-order valence-corrected chi connectivity index (χ0v) is 9.96. The number of carbonyl (C=O) groups is 1. The fraction of sp³-hybridized carbons (Fsp3) is 0.909. The van der Waals surface area contributed by atoms with Crippen molar-refractivity contribution in [2.24, 2.45) is 5.92 Å². The number of carboxylic acid groups (broad SMARTS) is 1. The molecular weight excluding hydrogens is 251 g/mol. The monoisotopic (exact) mass is 269 g/mol. The average molecular weight is 269 g/mol. The van der Waals surface area contributed by atoms with E-state index in [-0.39, 0.29) is 6.61 Å². The lowest BCUT2D eigenvalue weighted by Crippen LogP contribution is -2.53. The summed E-state index contributed by atoms with van der Waals surface area (Å²) in [5, 5.41) is 20.5. The topological polar surface area (TPSA) is 69.6 Å². The molecule has 0 spiro atoms. The molecule has 0 aromatic rings. The molecule has 0 aromatic carbocycles. The number of hydrogen-bond acceptors (Lipinski definition) is 3. The highest BCUT2D eigenvalue weighted by Crippen LogP contribution is 2.30. The number of hydrogen-bond donors (Lipinski definition) is 3. The van der Waals surface area contributed by atoms with Crippen molar-refractivity contribution in [1.29, 1.82) is 0 Å². The van der Waals surface area contributed by atoms with Crippen LogP contribution in [0.25, 0.3) is 0 Å². The Hall–Kier alpha value is -0.820. The Morgan fingerprint density at radius 2 is 1.83 bits per heavy atom. The van der Waals surface area contributed by atoms with Gasteiger partial charge >= 0.3 is 12.1 Å². The van der Waals surface area contributed by atoms with Gasteiger partial charge in [-0.3, -0.25) is 4.79 Å². The Balaban J connectivity index is 2.62. The number of alkyl halides is 3. The van der Waals surface area contributed by atoms with Gasteiger partial charge in [-0.2, -0.15) is 13.2 Å². The molecule has 1 saturated carbocycles. The molecule has 1 atom stereocenters. The highest BCUT2D eigenvalue weighted by molar-refractivity contribution is 5.71. The van der Waals surface area contributed by atoms with Crippen LogP contribution in [0.5, 0.6) is 0 Å². The molecular formula is C11H18F3NO3. The van der Waals surface area contributed by atoms with Gasteiger partial charge in [-0.15, -0.1) is 0 Å². The van der Waals surface area contributed by atoms with Gasteiger partial charge in [0.25, 0.3) is 0 Å². The predicted molar refractivity (Wildman–Crippen MR) is 58.1 cm³/mol. The largest absolute Gasteiger partial charge is 0.481 e. The second-order valence-corrected chi connectivity index (χ2v) is 4.81. The number of nitrogens with one attached hydrogen (secondary N) is 1. The van der Waals surface area contributed by atoms with Gasteiger partial charge in [-0.05, 0) is 12.8 Å². The summed E-state index contributed by atoms with van der Waals surface area (Å²) in [6, 6.07) is 0. The zero-order chi connectivity index (χ0) is 13.8. The summed E-state index contributed by atoms with van der Waals surface area (Å²) in [5.74, 6) is -4.32. The van der Waals surface area contributed by atoms with E-state index in [1.54, 1.807) is 0 Å². The lowest BCUT2D eigenvalue weighted by Gasteiger charge is -2.37. The van der Waals surface area contributed by atoms with Gasteiger partial charge in [-0.25, -0.2) is 0 Å². The van der Waals surface area contributed by atoms with Crippen LogP contribution in [0.1, 0.15) is 32.1 Å². The van der Waals surface area contributed by atoms with Crippen molar-refractivity contribution < 1.29 is 28.2 Å². The van der Waals surface area contributed by atoms with E-state index in [2.05, 4.69) is 5.32 Å². The summed E-state index contributed by atoms with van der Waals surface area (Å²) in [6.07, 6.45) is -0.967. The molecule has 0 bridgehead atoms. The average Bonchev–Trinajstić information content (AvgIpc) is 2.28. The molecule has 1 aliphatic carbocycles. The Morgan fingerprint density at radius 3 is 2.22 bits per heavy atom. The minimum absolute atomic E-state index is 0.267. The van der Waals surface area contributed by atoms with E-state index >= 15 is 0 Å². The predicted octanol–water partition coefficient (Wildman–Crippen LogP) is 1.53. The Kier molecular flexibility index (Phi) is 4.98. The fourth-order valence-electron chi connectivity index (χ4n) is 2.28. The number of aliphatic hydroxyl groups is 1. The zero-order valence-electron chi connectivity index (χ0n) is 9.96. The van der Waals surface area contributed by atoms with Gasteiger partial charge in [0, 0.05) is 12.1 Å². The van der Waals surface area contributed by atoms with Crippen LogP contribution in [0.4, 0.5) is 13.2 Å². The van der Waals surface area contributed by atoms with Crippen molar-refractivity contribution >= 4 is 5.97 Å². The van der Waals surface area contributed by atoms with Crippen molar-refractivity contribution in [1.82, 2.24) is 5.32 Å². The summed E-state index contributed by atoms with van der Waals surface area (Å²) < 4.78 is 37.4. The second kappa shape index (κ2) is 5.88. The lowest BCUT2D eigenvalue weighted by atomic mass is 9.82. The molecule has 18 heavy (non-hydrogen) atoms. The maximum absolute atomic E-state index is 12.5. The standard InChI is InChI=1S/C11H18F3NO3/c12-11(13,14)8(9(17)18)6-15-10(7-16)4-2-1-3-5-10/h8,15-16H,1-7H2,(H,17,18). The quantitative estimate of drug-likeness (QED) is 0.708. The SMILES string of the molecule is O=C(O)C(CNC1(CO)CCCCC1)C(F)(F)F.